The Balaban J connectivity index is 2.66. The molecule has 0 bridgehead atoms. The molecule has 0 aliphatic heterocycles. The molecule has 0 aliphatic carbocycles. The van der Waals surface area contributed by atoms with Gasteiger partial charge in [0, 0.05) is 0 Å². The van der Waals surface area contributed by atoms with Gasteiger partial charge in [0.25, 0.3) is 0 Å². The molecule has 1 atom stereocenters. The van der Waals surface area contributed by atoms with Crippen LogP contribution in [0.3, 0.4) is 0 Å². The Labute approximate surface area is 80.8 Å². The first-order chi connectivity index (χ1) is 6.66. The van der Waals surface area contributed by atoms with Gasteiger partial charge in [0.15, 0.2) is 11.8 Å². The molecule has 0 saturated carbocycles. The van der Waals surface area contributed by atoms with Crippen LogP contribution in [0.5, 0.6) is 0 Å². The molecule has 0 saturated heterocycles. The van der Waals surface area contributed by atoms with Crippen LogP contribution in [-0.4, -0.2) is 24.4 Å². The summed E-state index contributed by atoms with van der Waals surface area (Å²) in [7, 11) is 0. The van der Waals surface area contributed by atoms with E-state index in [1.165, 1.54) is 12.3 Å². The topological polar surface area (TPSA) is 82.5 Å². The van der Waals surface area contributed by atoms with E-state index >= 15 is 0 Å². The number of carbonyl (C=O) groups is 2. The summed E-state index contributed by atoms with van der Waals surface area (Å²) in [5.41, 5.74) is 5.35. The van der Waals surface area contributed by atoms with Gasteiger partial charge in [-0.05, 0) is 19.1 Å². The van der Waals surface area contributed by atoms with Crippen molar-refractivity contribution in [1.29, 1.82) is 0 Å². The van der Waals surface area contributed by atoms with Crippen molar-refractivity contribution in [2.75, 3.05) is 6.61 Å². The quantitative estimate of drug-likeness (QED) is 0.428. The molecule has 0 fully saturated rings. The molecule has 5 nitrogen and oxygen atoms in total. The van der Waals surface area contributed by atoms with Gasteiger partial charge in [-0.25, -0.2) is 4.79 Å². The van der Waals surface area contributed by atoms with Crippen molar-refractivity contribution in [3.05, 3.63) is 24.2 Å². The monoisotopic (exact) mass is 197 g/mol. The van der Waals surface area contributed by atoms with E-state index in [0.29, 0.717) is 0 Å². The lowest BCUT2D eigenvalue weighted by Crippen LogP contribution is -2.39. The van der Waals surface area contributed by atoms with Crippen LogP contribution in [-0.2, 0) is 9.53 Å². The predicted octanol–water partition coefficient (Wildman–Crippen LogP) is 0.353. The Kier molecular flexibility index (Phi) is 3.41. The molecule has 0 spiro atoms. The fourth-order valence-electron chi connectivity index (χ4n) is 0.911. The van der Waals surface area contributed by atoms with Crippen LogP contribution in [0.25, 0.3) is 0 Å². The van der Waals surface area contributed by atoms with E-state index in [1.54, 1.807) is 13.0 Å². The van der Waals surface area contributed by atoms with Gasteiger partial charge in [0.05, 0.1) is 12.9 Å². The molecule has 0 aromatic carbocycles. The van der Waals surface area contributed by atoms with E-state index < -0.39 is 17.8 Å². The van der Waals surface area contributed by atoms with Crippen molar-refractivity contribution in [1.82, 2.24) is 0 Å². The third kappa shape index (κ3) is 2.20. The summed E-state index contributed by atoms with van der Waals surface area (Å²) in [6.07, 6.45) is 1.34. The van der Waals surface area contributed by atoms with E-state index in [4.69, 9.17) is 10.2 Å². The van der Waals surface area contributed by atoms with Crippen molar-refractivity contribution >= 4 is 11.8 Å². The smallest absolute Gasteiger partial charge is 0.331 e. The molecular formula is C9H11NO4. The maximum Gasteiger partial charge on any atom is 0.331 e. The average Bonchev–Trinajstić information content (AvgIpc) is 2.68. The molecule has 14 heavy (non-hydrogen) atoms. The highest BCUT2D eigenvalue weighted by atomic mass is 16.5. The number of esters is 1. The number of nitrogens with two attached hydrogens (primary N) is 1. The number of furan rings is 1. The van der Waals surface area contributed by atoms with Gasteiger partial charge in [-0.15, -0.1) is 0 Å². The Morgan fingerprint density at radius 3 is 2.86 bits per heavy atom. The second-order valence-electron chi connectivity index (χ2n) is 2.57. The van der Waals surface area contributed by atoms with Crippen LogP contribution in [0, 0.1) is 0 Å². The van der Waals surface area contributed by atoms with Gasteiger partial charge in [-0.1, -0.05) is 0 Å². The number of hydrogen-bond acceptors (Lipinski definition) is 5. The molecule has 1 rings (SSSR count). The molecule has 0 unspecified atom stereocenters. The molecule has 5 heteroatoms. The molecule has 2 N–H and O–H groups in total. The lowest BCUT2D eigenvalue weighted by atomic mass is 10.1. The fraction of sp³-hybridized carbons (Fsp3) is 0.333. The molecule has 76 valence electrons. The van der Waals surface area contributed by atoms with Gasteiger partial charge < -0.3 is 14.9 Å². The predicted molar refractivity (Wildman–Crippen MR) is 47.6 cm³/mol. The largest absolute Gasteiger partial charge is 0.464 e. The third-order valence-corrected chi connectivity index (χ3v) is 1.59. The Hall–Kier alpha value is -1.62. The summed E-state index contributed by atoms with van der Waals surface area (Å²) in [4.78, 5) is 22.5. The van der Waals surface area contributed by atoms with Crippen molar-refractivity contribution in [2.45, 2.75) is 13.0 Å². The minimum Gasteiger partial charge on any atom is -0.464 e. The zero-order valence-corrected chi connectivity index (χ0v) is 7.73. The van der Waals surface area contributed by atoms with Crippen molar-refractivity contribution < 1.29 is 18.7 Å². The lowest BCUT2D eigenvalue weighted by molar-refractivity contribution is -0.143. The second-order valence-corrected chi connectivity index (χ2v) is 2.57. The maximum atomic E-state index is 11.4. The first-order valence-corrected chi connectivity index (χ1v) is 4.16. The van der Waals surface area contributed by atoms with Gasteiger partial charge in [0.2, 0.25) is 5.78 Å². The zero-order valence-electron chi connectivity index (χ0n) is 7.73. The van der Waals surface area contributed by atoms with E-state index in [0.717, 1.165) is 0 Å². The van der Waals surface area contributed by atoms with Gasteiger partial charge in [-0.2, -0.15) is 0 Å². The van der Waals surface area contributed by atoms with E-state index in [2.05, 4.69) is 4.74 Å². The van der Waals surface area contributed by atoms with Crippen molar-refractivity contribution in [2.24, 2.45) is 5.73 Å². The lowest BCUT2D eigenvalue weighted by Gasteiger charge is -2.07. The first-order valence-electron chi connectivity index (χ1n) is 4.16. The molecule has 0 radical (unpaired) electrons. The van der Waals surface area contributed by atoms with Crippen LogP contribution < -0.4 is 5.73 Å². The van der Waals surface area contributed by atoms with Crippen LogP contribution >= 0.6 is 0 Å². The number of Topliss-reactive ketones (excluding diaryl/α,β-unsaturated/α-hetero) is 1. The maximum absolute atomic E-state index is 11.4. The Morgan fingerprint density at radius 2 is 2.36 bits per heavy atom. The highest BCUT2D eigenvalue weighted by molar-refractivity contribution is 6.10. The summed E-state index contributed by atoms with van der Waals surface area (Å²) < 4.78 is 9.40. The molecule has 1 heterocycles. The minimum absolute atomic E-state index is 0.0607. The molecule has 1 aromatic rings. The second kappa shape index (κ2) is 4.57. The van der Waals surface area contributed by atoms with E-state index in [1.807, 2.05) is 0 Å². The van der Waals surface area contributed by atoms with Crippen molar-refractivity contribution in [3.63, 3.8) is 0 Å². The standard InChI is InChI=1S/C9H11NO4/c1-2-13-9(12)7(10)8(11)6-4-3-5-14-6/h3-5,7H,2,10H2,1H3/t7-/m0/s1. The molecule has 0 amide bonds. The number of ketones is 1. The molecular weight excluding hydrogens is 186 g/mol. The molecule has 0 aliphatic rings. The highest BCUT2D eigenvalue weighted by Gasteiger charge is 2.26. The number of ether oxygens (including phenoxy) is 1. The first kappa shape index (κ1) is 10.5. The normalized spacial score (nSPS) is 12.1. The SMILES string of the molecule is CCOC(=O)[C@@H](N)C(=O)c1ccco1. The minimum atomic E-state index is -1.30. The number of hydrogen-bond donors (Lipinski definition) is 1. The van der Waals surface area contributed by atoms with Crippen LogP contribution in [0.2, 0.25) is 0 Å². The third-order valence-electron chi connectivity index (χ3n) is 1.59. The van der Waals surface area contributed by atoms with Gasteiger partial charge in [0.1, 0.15) is 0 Å². The summed E-state index contributed by atoms with van der Waals surface area (Å²) >= 11 is 0. The van der Waals surface area contributed by atoms with Gasteiger partial charge >= 0.3 is 5.97 Å². The zero-order chi connectivity index (χ0) is 10.6. The van der Waals surface area contributed by atoms with E-state index in [9.17, 15) is 9.59 Å². The van der Waals surface area contributed by atoms with Crippen LogP contribution in [0.15, 0.2) is 22.8 Å². The van der Waals surface area contributed by atoms with E-state index in [-0.39, 0.29) is 12.4 Å². The van der Waals surface area contributed by atoms with Gasteiger partial charge in [-0.3, -0.25) is 4.79 Å². The average molecular weight is 197 g/mol. The highest BCUT2D eigenvalue weighted by Crippen LogP contribution is 2.04. The van der Waals surface area contributed by atoms with Crippen LogP contribution in [0.4, 0.5) is 0 Å². The van der Waals surface area contributed by atoms with Crippen molar-refractivity contribution in [3.8, 4) is 0 Å². The summed E-state index contributed by atoms with van der Waals surface area (Å²) in [5.74, 6) is -1.26. The Morgan fingerprint density at radius 1 is 1.64 bits per heavy atom. The number of carbonyl (C=O) groups excluding carboxylic acids is 2. The number of rotatable bonds is 4. The summed E-state index contributed by atoms with van der Waals surface area (Å²) in [5, 5.41) is 0. The fourth-order valence-corrected chi connectivity index (χ4v) is 0.911. The van der Waals surface area contributed by atoms with Crippen LogP contribution in [0.1, 0.15) is 17.5 Å². The summed E-state index contributed by atoms with van der Waals surface area (Å²) in [6.45, 7) is 1.83. The Bertz CT molecular complexity index is 318. The summed E-state index contributed by atoms with van der Waals surface area (Å²) in [6, 6.07) is 1.69. The molecule has 1 aromatic heterocycles.